The summed E-state index contributed by atoms with van der Waals surface area (Å²) in [5, 5.41) is 0. The zero-order chi connectivity index (χ0) is 15.5. The molecule has 1 aromatic carbocycles. The summed E-state index contributed by atoms with van der Waals surface area (Å²) in [6.45, 7) is 9.39. The molecule has 5 nitrogen and oxygen atoms in total. The Balaban J connectivity index is 1.99. The van der Waals surface area contributed by atoms with Crippen molar-refractivity contribution in [2.24, 2.45) is 0 Å². The summed E-state index contributed by atoms with van der Waals surface area (Å²) >= 11 is 0. The highest BCUT2D eigenvalue weighted by molar-refractivity contribution is 7.92. The summed E-state index contributed by atoms with van der Waals surface area (Å²) in [5.74, 6) is 1.43. The van der Waals surface area contributed by atoms with E-state index in [0.29, 0.717) is 5.69 Å². The van der Waals surface area contributed by atoms with Crippen LogP contribution in [0.3, 0.4) is 0 Å². The molecule has 0 saturated carbocycles. The minimum absolute atomic E-state index is 0.621. The monoisotopic (exact) mass is 310 g/mol. The van der Waals surface area contributed by atoms with Crippen molar-refractivity contribution in [3.63, 3.8) is 0 Å². The molecule has 0 atom stereocenters. The molecule has 1 heterocycles. The van der Waals surface area contributed by atoms with Gasteiger partial charge in [-0.2, -0.15) is 0 Å². The Bertz CT molecular complexity index is 564. The maximum absolute atomic E-state index is 11.3. The third-order valence-electron chi connectivity index (χ3n) is 3.43. The lowest BCUT2D eigenvalue weighted by Gasteiger charge is -2.36. The van der Waals surface area contributed by atoms with Crippen LogP contribution in [0.2, 0.25) is 0 Å². The topological polar surface area (TPSA) is 52.6 Å². The largest absolute Gasteiger partial charge is 0.369 e. The minimum Gasteiger partial charge on any atom is -0.369 e. The van der Waals surface area contributed by atoms with Crippen molar-refractivity contribution in [3.05, 3.63) is 30.2 Å². The second-order valence-corrected chi connectivity index (χ2v) is 7.64. The first-order valence-corrected chi connectivity index (χ1v) is 9.07. The highest BCUT2D eigenvalue weighted by Gasteiger charge is 2.18. The molecule has 0 aliphatic carbocycles. The molecule has 1 radical (unpaired) electrons. The van der Waals surface area contributed by atoms with Gasteiger partial charge in [-0.05, 0) is 24.1 Å². The number of nitrogens with zero attached hydrogens (tertiary/aromatic N) is 2. The summed E-state index contributed by atoms with van der Waals surface area (Å²) < 4.78 is 25.1. The molecule has 6 heteroatoms. The molecular weight excluding hydrogens is 286 g/mol. The summed E-state index contributed by atoms with van der Waals surface area (Å²) in [7, 11) is -3.23. The van der Waals surface area contributed by atoms with Crippen molar-refractivity contribution in [1.82, 2.24) is 4.90 Å². The first kappa shape index (κ1) is 16.1. The fraction of sp³-hybridized carbons (Fsp3) is 0.533. The standard InChI is InChI=1S/C15H24N3O2S/c1-13(2)12-17-7-9-18(10-8-17)15-6-4-5-14(11-15)16-21(3,19)20/h4-6,11,16H,7-10,12H2,1-3H3. The van der Waals surface area contributed by atoms with Crippen LogP contribution in [0.4, 0.5) is 11.4 Å². The number of hydrogen-bond acceptors (Lipinski definition) is 4. The van der Waals surface area contributed by atoms with Crippen LogP contribution in [0.15, 0.2) is 24.3 Å². The molecule has 1 aromatic rings. The smallest absolute Gasteiger partial charge is 0.229 e. The summed E-state index contributed by atoms with van der Waals surface area (Å²) in [4.78, 5) is 4.75. The molecule has 0 aromatic heterocycles. The lowest BCUT2D eigenvalue weighted by Crippen LogP contribution is -2.47. The Kier molecular flexibility index (Phi) is 5.11. The average molecular weight is 310 g/mol. The zero-order valence-corrected chi connectivity index (χ0v) is 13.8. The molecular formula is C15H24N3O2S. The maximum Gasteiger partial charge on any atom is 0.229 e. The third kappa shape index (κ3) is 5.21. The Morgan fingerprint density at radius 2 is 1.86 bits per heavy atom. The number of piperazine rings is 1. The molecule has 1 aliphatic rings. The molecule has 21 heavy (non-hydrogen) atoms. The van der Waals surface area contributed by atoms with Gasteiger partial charge in [-0.25, -0.2) is 8.42 Å². The first-order valence-electron chi connectivity index (χ1n) is 7.18. The van der Waals surface area contributed by atoms with Gasteiger partial charge < -0.3 is 4.90 Å². The van der Waals surface area contributed by atoms with E-state index in [1.54, 1.807) is 6.07 Å². The van der Waals surface area contributed by atoms with Crippen molar-refractivity contribution in [2.75, 3.05) is 48.6 Å². The van der Waals surface area contributed by atoms with Crippen LogP contribution >= 0.6 is 0 Å². The zero-order valence-electron chi connectivity index (χ0n) is 13.0. The molecule has 0 spiro atoms. The SMILES string of the molecule is C[C](C)CN1CCN(c2cccc(NS(C)(=O)=O)c2)CC1. The van der Waals surface area contributed by atoms with E-state index in [9.17, 15) is 8.42 Å². The van der Waals surface area contributed by atoms with E-state index in [1.165, 1.54) is 12.2 Å². The summed E-state index contributed by atoms with van der Waals surface area (Å²) in [6, 6.07) is 7.59. The molecule has 1 fully saturated rings. The van der Waals surface area contributed by atoms with Crippen molar-refractivity contribution in [2.45, 2.75) is 13.8 Å². The van der Waals surface area contributed by atoms with Gasteiger partial charge in [0.15, 0.2) is 0 Å². The van der Waals surface area contributed by atoms with Gasteiger partial charge in [0.05, 0.1) is 11.9 Å². The van der Waals surface area contributed by atoms with Crippen LogP contribution in [-0.4, -0.2) is 52.3 Å². The van der Waals surface area contributed by atoms with Crippen LogP contribution in [0.25, 0.3) is 0 Å². The Labute approximate surface area is 128 Å². The van der Waals surface area contributed by atoms with E-state index in [0.717, 1.165) is 38.4 Å². The molecule has 2 rings (SSSR count). The molecule has 1 N–H and O–H groups in total. The van der Waals surface area contributed by atoms with Gasteiger partial charge in [-0.3, -0.25) is 9.62 Å². The number of nitrogens with one attached hydrogen (secondary N) is 1. The van der Waals surface area contributed by atoms with Gasteiger partial charge in [-0.1, -0.05) is 19.9 Å². The van der Waals surface area contributed by atoms with E-state index in [4.69, 9.17) is 0 Å². The molecule has 0 amide bonds. The van der Waals surface area contributed by atoms with Gasteiger partial charge >= 0.3 is 0 Å². The predicted octanol–water partition coefficient (Wildman–Crippen LogP) is 1.79. The number of anilines is 2. The van der Waals surface area contributed by atoms with E-state index < -0.39 is 10.0 Å². The lowest BCUT2D eigenvalue weighted by molar-refractivity contribution is 0.267. The molecule has 1 aliphatic heterocycles. The van der Waals surface area contributed by atoms with Crippen molar-refractivity contribution in [3.8, 4) is 0 Å². The van der Waals surface area contributed by atoms with Crippen LogP contribution in [0.1, 0.15) is 13.8 Å². The van der Waals surface area contributed by atoms with Crippen LogP contribution < -0.4 is 9.62 Å². The van der Waals surface area contributed by atoms with Gasteiger partial charge in [-0.15, -0.1) is 0 Å². The molecule has 0 bridgehead atoms. The molecule has 117 valence electrons. The Morgan fingerprint density at radius 3 is 2.43 bits per heavy atom. The first-order chi connectivity index (χ1) is 9.83. The number of benzene rings is 1. The van der Waals surface area contributed by atoms with Gasteiger partial charge in [0.1, 0.15) is 0 Å². The van der Waals surface area contributed by atoms with E-state index in [1.807, 2.05) is 18.2 Å². The fourth-order valence-corrected chi connectivity index (χ4v) is 3.15. The fourth-order valence-electron chi connectivity index (χ4n) is 2.59. The van der Waals surface area contributed by atoms with Gasteiger partial charge in [0.2, 0.25) is 10.0 Å². The highest BCUT2D eigenvalue weighted by Crippen LogP contribution is 2.21. The molecule has 0 unspecified atom stereocenters. The van der Waals surface area contributed by atoms with E-state index >= 15 is 0 Å². The quantitative estimate of drug-likeness (QED) is 0.901. The second-order valence-electron chi connectivity index (χ2n) is 5.89. The van der Waals surface area contributed by atoms with Crippen molar-refractivity contribution < 1.29 is 8.42 Å². The van der Waals surface area contributed by atoms with Gasteiger partial charge in [0, 0.05) is 38.4 Å². The lowest BCUT2D eigenvalue weighted by atomic mass is 10.2. The molecule has 1 saturated heterocycles. The Morgan fingerprint density at radius 1 is 1.19 bits per heavy atom. The summed E-state index contributed by atoms with van der Waals surface area (Å²) in [6.07, 6.45) is 1.17. The third-order valence-corrected chi connectivity index (χ3v) is 4.03. The van der Waals surface area contributed by atoms with E-state index in [-0.39, 0.29) is 0 Å². The van der Waals surface area contributed by atoms with E-state index in [2.05, 4.69) is 28.4 Å². The number of sulfonamides is 1. The second kappa shape index (κ2) is 6.66. The normalized spacial score (nSPS) is 17.2. The average Bonchev–Trinajstić information content (AvgIpc) is 2.37. The summed E-state index contributed by atoms with van der Waals surface area (Å²) in [5.41, 5.74) is 1.69. The predicted molar refractivity (Wildman–Crippen MR) is 88.2 cm³/mol. The van der Waals surface area contributed by atoms with Crippen LogP contribution in [-0.2, 0) is 10.0 Å². The number of rotatable bonds is 5. The highest BCUT2D eigenvalue weighted by atomic mass is 32.2. The van der Waals surface area contributed by atoms with Crippen LogP contribution in [0, 0.1) is 5.92 Å². The Hall–Kier alpha value is -1.27. The van der Waals surface area contributed by atoms with Crippen molar-refractivity contribution >= 4 is 21.4 Å². The van der Waals surface area contributed by atoms with Gasteiger partial charge in [0.25, 0.3) is 0 Å². The number of hydrogen-bond donors (Lipinski definition) is 1. The van der Waals surface area contributed by atoms with Crippen molar-refractivity contribution in [1.29, 1.82) is 0 Å². The minimum atomic E-state index is -3.23. The van der Waals surface area contributed by atoms with Crippen LogP contribution in [0.5, 0.6) is 0 Å². The maximum atomic E-state index is 11.3.